The van der Waals surface area contributed by atoms with E-state index in [1.165, 1.54) is 0 Å². The maximum Gasteiger partial charge on any atom is 2.00 e. The van der Waals surface area contributed by atoms with E-state index in [0.717, 1.165) is 0 Å². The summed E-state index contributed by atoms with van der Waals surface area (Å²) in [6.07, 6.45) is 1.66. The average molecular weight is 189 g/mol. The summed E-state index contributed by atoms with van der Waals surface area (Å²) in [5.74, 6) is 0.144. The minimum absolute atomic E-state index is 0. The zero-order valence-electron chi connectivity index (χ0n) is 5.06. The van der Waals surface area contributed by atoms with Crippen molar-refractivity contribution in [2.75, 3.05) is 6.61 Å². The van der Waals surface area contributed by atoms with Crippen LogP contribution < -0.4 is 22.1 Å². The molecule has 0 aliphatic heterocycles. The molecule has 0 radical (unpaired) electrons. The Hall–Kier alpha value is 0.946. The second kappa shape index (κ2) is 10.8. The Morgan fingerprint density at radius 2 is 2.12 bits per heavy atom. The molecule has 0 aromatic rings. The van der Waals surface area contributed by atoms with Gasteiger partial charge >= 0.3 is 23.1 Å². The largest absolute Gasteiger partial charge is 2.00 e. The van der Waals surface area contributed by atoms with E-state index >= 15 is 0 Å². The van der Waals surface area contributed by atoms with E-state index in [1.54, 1.807) is 6.08 Å². The monoisotopic (exact) mass is 188 g/mol. The molecule has 8 heavy (non-hydrogen) atoms. The van der Waals surface area contributed by atoms with Crippen LogP contribution in [0.25, 0.3) is 0 Å². The molecule has 3 heteroatoms. The predicted octanol–water partition coefficient (Wildman–Crippen LogP) is -3.21. The van der Waals surface area contributed by atoms with Crippen LogP contribution in [0.15, 0.2) is 12.7 Å². The fraction of sp³-hybridized carbons (Fsp3) is 0.600. The third-order valence-electron chi connectivity index (χ3n) is 0.665. The van der Waals surface area contributed by atoms with Gasteiger partial charge in [0.1, 0.15) is 0 Å². The third kappa shape index (κ3) is 10.0. The van der Waals surface area contributed by atoms with Gasteiger partial charge in [0.05, 0.1) is 0 Å². The van der Waals surface area contributed by atoms with E-state index in [2.05, 4.69) is 6.58 Å². The Bertz CT molecular complexity index is 49.7. The molecule has 0 fully saturated rings. The van der Waals surface area contributed by atoms with Crippen LogP contribution in [0.5, 0.6) is 0 Å². The summed E-state index contributed by atoms with van der Waals surface area (Å²) in [7, 11) is 0. The predicted molar refractivity (Wildman–Crippen MR) is 30.0 cm³/mol. The fourth-order valence-electron chi connectivity index (χ4n) is 0.0680. The molecule has 0 aliphatic carbocycles. The van der Waals surface area contributed by atoms with Gasteiger partial charge in [0.15, 0.2) is 0 Å². The first-order valence-electron chi connectivity index (χ1n) is 2.02. The van der Waals surface area contributed by atoms with Crippen molar-refractivity contribution >= 4 is 23.1 Å². The molecule has 0 spiro atoms. The molecule has 1 atom stereocenters. The topological polar surface area (TPSA) is 23.1 Å². The van der Waals surface area contributed by atoms with Crippen LogP contribution in [0.4, 0.5) is 0 Å². The zero-order chi connectivity index (χ0) is 4.99. The molecule has 44 valence electrons. The van der Waals surface area contributed by atoms with Crippen molar-refractivity contribution in [1.82, 2.24) is 0 Å². The minimum Gasteiger partial charge on any atom is -1.00 e. The molecule has 0 saturated heterocycles. The molecule has 0 aromatic carbocycles. The SMILES string of the molecule is C=C[C@H](C)C[O-].[Br-].[Mg+2]. The summed E-state index contributed by atoms with van der Waals surface area (Å²) in [6, 6.07) is 0. The first kappa shape index (κ1) is 16.0. The van der Waals surface area contributed by atoms with Crippen LogP contribution in [0.3, 0.4) is 0 Å². The second-order valence-corrected chi connectivity index (χ2v) is 1.38. The molecule has 0 unspecified atom stereocenters. The van der Waals surface area contributed by atoms with Crippen LogP contribution in [0.2, 0.25) is 0 Å². The van der Waals surface area contributed by atoms with Crippen molar-refractivity contribution < 1.29 is 22.1 Å². The van der Waals surface area contributed by atoms with Gasteiger partial charge in [0, 0.05) is 0 Å². The van der Waals surface area contributed by atoms with Crippen molar-refractivity contribution in [3.63, 3.8) is 0 Å². The molecule has 0 amide bonds. The van der Waals surface area contributed by atoms with Crippen LogP contribution in [0, 0.1) is 5.92 Å². The van der Waals surface area contributed by atoms with E-state index in [-0.39, 0.29) is 52.6 Å². The summed E-state index contributed by atoms with van der Waals surface area (Å²) in [6.45, 7) is 5.24. The number of hydrogen-bond acceptors (Lipinski definition) is 1. The van der Waals surface area contributed by atoms with Crippen LogP contribution in [-0.2, 0) is 0 Å². The average Bonchev–Trinajstić information content (AvgIpc) is 1.65. The summed E-state index contributed by atoms with van der Waals surface area (Å²) in [4.78, 5) is 0. The van der Waals surface area contributed by atoms with Gasteiger partial charge in [-0.25, -0.2) is 0 Å². The van der Waals surface area contributed by atoms with Gasteiger partial charge in [0.2, 0.25) is 0 Å². The molecule has 0 heterocycles. The quantitative estimate of drug-likeness (QED) is 0.331. The van der Waals surface area contributed by atoms with Crippen molar-refractivity contribution in [3.05, 3.63) is 12.7 Å². The standard InChI is InChI=1S/C5H9O.BrH.Mg/c1-3-5(2)4-6;;/h3,5H,1,4H2,2H3;1H;/q-1;;+2/p-1/t5-;;/m0../s1. The van der Waals surface area contributed by atoms with E-state index in [0.29, 0.717) is 0 Å². The van der Waals surface area contributed by atoms with Crippen molar-refractivity contribution in [2.45, 2.75) is 6.92 Å². The number of halogens is 1. The van der Waals surface area contributed by atoms with Gasteiger partial charge in [-0.05, 0) is 5.92 Å². The van der Waals surface area contributed by atoms with E-state index in [1.807, 2.05) is 6.92 Å². The van der Waals surface area contributed by atoms with Crippen LogP contribution in [-0.4, -0.2) is 29.7 Å². The van der Waals surface area contributed by atoms with Crippen molar-refractivity contribution in [1.29, 1.82) is 0 Å². The van der Waals surface area contributed by atoms with Gasteiger partial charge in [-0.1, -0.05) is 13.0 Å². The Morgan fingerprint density at radius 1 is 1.75 bits per heavy atom. The minimum atomic E-state index is -0.0382. The smallest absolute Gasteiger partial charge is 1.00 e. The molecule has 0 N–H and O–H groups in total. The first-order chi connectivity index (χ1) is 2.81. The van der Waals surface area contributed by atoms with Crippen LogP contribution >= 0.6 is 0 Å². The fourth-order valence-corrected chi connectivity index (χ4v) is 0.0680. The molecular formula is C5H9BrMgO. The molecule has 0 rings (SSSR count). The molecular weight excluding hydrogens is 180 g/mol. The van der Waals surface area contributed by atoms with Gasteiger partial charge < -0.3 is 22.1 Å². The van der Waals surface area contributed by atoms with Crippen LogP contribution in [0.1, 0.15) is 6.92 Å². The summed E-state index contributed by atoms with van der Waals surface area (Å²) < 4.78 is 0. The van der Waals surface area contributed by atoms with Gasteiger partial charge in [-0.2, -0.15) is 0 Å². The second-order valence-electron chi connectivity index (χ2n) is 1.38. The van der Waals surface area contributed by atoms with Gasteiger partial charge in [-0.15, -0.1) is 13.2 Å². The van der Waals surface area contributed by atoms with Crippen molar-refractivity contribution in [2.24, 2.45) is 5.92 Å². The number of hydrogen-bond donors (Lipinski definition) is 0. The van der Waals surface area contributed by atoms with E-state index in [9.17, 15) is 5.11 Å². The first-order valence-corrected chi connectivity index (χ1v) is 2.02. The Morgan fingerprint density at radius 3 is 2.12 bits per heavy atom. The summed E-state index contributed by atoms with van der Waals surface area (Å²) in [5.41, 5.74) is 0. The molecule has 0 aliphatic rings. The maximum atomic E-state index is 9.79. The Balaban J connectivity index is -0.000000125. The summed E-state index contributed by atoms with van der Waals surface area (Å²) in [5, 5.41) is 9.79. The Kier molecular flexibility index (Phi) is 21.7. The van der Waals surface area contributed by atoms with Crippen molar-refractivity contribution in [3.8, 4) is 0 Å². The maximum absolute atomic E-state index is 9.79. The van der Waals surface area contributed by atoms with Gasteiger partial charge in [-0.3, -0.25) is 0 Å². The third-order valence-corrected chi connectivity index (χ3v) is 0.665. The normalized spacial score (nSPS) is 10.2. The van der Waals surface area contributed by atoms with E-state index < -0.39 is 0 Å². The Labute approximate surface area is 77.1 Å². The summed E-state index contributed by atoms with van der Waals surface area (Å²) >= 11 is 0. The molecule has 0 bridgehead atoms. The molecule has 0 saturated carbocycles. The van der Waals surface area contributed by atoms with E-state index in [4.69, 9.17) is 0 Å². The number of rotatable bonds is 2. The molecule has 1 nitrogen and oxygen atoms in total. The zero-order valence-corrected chi connectivity index (χ0v) is 8.06. The molecule has 0 aromatic heterocycles. The van der Waals surface area contributed by atoms with Gasteiger partial charge in [0.25, 0.3) is 0 Å².